The van der Waals surface area contributed by atoms with Crippen molar-refractivity contribution in [3.05, 3.63) is 72.3 Å². The van der Waals surface area contributed by atoms with Crippen molar-refractivity contribution in [3.8, 4) is 5.75 Å². The van der Waals surface area contributed by atoms with E-state index in [-0.39, 0.29) is 17.7 Å². The molecule has 0 saturated heterocycles. The zero-order valence-electron chi connectivity index (χ0n) is 19.7. The molecule has 0 fully saturated rings. The van der Waals surface area contributed by atoms with Crippen molar-refractivity contribution in [1.29, 1.82) is 0 Å². The summed E-state index contributed by atoms with van der Waals surface area (Å²) in [6.07, 6.45) is 1.58. The number of aryl methyl sites for hydroxylation is 1. The molecule has 0 aliphatic rings. The Labute approximate surface area is 205 Å². The Morgan fingerprint density at radius 1 is 0.914 bits per heavy atom. The van der Waals surface area contributed by atoms with E-state index >= 15 is 0 Å². The Bertz CT molecular complexity index is 1260. The number of hydrogen-bond acceptors (Lipinski definition) is 7. The molecular formula is C26H29NO7S. The van der Waals surface area contributed by atoms with Gasteiger partial charge in [0, 0.05) is 6.42 Å². The molecule has 0 spiro atoms. The van der Waals surface area contributed by atoms with Crippen molar-refractivity contribution in [2.45, 2.75) is 36.6 Å². The molecule has 0 unspecified atom stereocenters. The zero-order chi connectivity index (χ0) is 25.3. The van der Waals surface area contributed by atoms with Crippen LogP contribution in [0.25, 0.3) is 10.8 Å². The maximum Gasteiger partial charge on any atom is 0.323 e. The molecule has 3 rings (SSSR count). The van der Waals surface area contributed by atoms with Crippen molar-refractivity contribution in [3.63, 3.8) is 0 Å². The molecule has 0 amide bonds. The van der Waals surface area contributed by atoms with E-state index in [1.165, 1.54) is 24.8 Å². The quantitative estimate of drug-likeness (QED) is 0.299. The number of carbonyl (C=O) groups excluding carboxylic acids is 2. The second-order valence-corrected chi connectivity index (χ2v) is 9.63. The number of fused-ring (bicyclic) bond motifs is 1. The van der Waals surface area contributed by atoms with Gasteiger partial charge in [0.05, 0.1) is 25.7 Å². The average molecular weight is 500 g/mol. The SMILES string of the molecule is COC(=O)CC[C@@H](NS(=O)(=O)c1ccc2cc(OCCCc3ccccc3)ccc2c1)C(=O)OC. The van der Waals surface area contributed by atoms with E-state index in [0.717, 1.165) is 25.3 Å². The number of sulfonamides is 1. The second-order valence-electron chi connectivity index (χ2n) is 7.92. The molecule has 1 atom stereocenters. The van der Waals surface area contributed by atoms with Crippen LogP contribution in [0.1, 0.15) is 24.8 Å². The second kappa shape index (κ2) is 12.3. The summed E-state index contributed by atoms with van der Waals surface area (Å²) in [5, 5.41) is 1.52. The van der Waals surface area contributed by atoms with Gasteiger partial charge in [-0.05, 0) is 59.9 Å². The van der Waals surface area contributed by atoms with Gasteiger partial charge in [-0.15, -0.1) is 0 Å². The molecule has 3 aromatic carbocycles. The molecule has 8 nitrogen and oxygen atoms in total. The molecule has 9 heteroatoms. The van der Waals surface area contributed by atoms with Gasteiger partial charge in [0.1, 0.15) is 11.8 Å². The van der Waals surface area contributed by atoms with Crippen LogP contribution >= 0.6 is 0 Å². The average Bonchev–Trinajstić information content (AvgIpc) is 2.88. The lowest BCUT2D eigenvalue weighted by atomic mass is 10.1. The van der Waals surface area contributed by atoms with Crippen LogP contribution in [0.3, 0.4) is 0 Å². The fourth-order valence-electron chi connectivity index (χ4n) is 3.56. The first kappa shape index (κ1) is 26.2. The minimum Gasteiger partial charge on any atom is -0.494 e. The Hall–Kier alpha value is -3.43. The topological polar surface area (TPSA) is 108 Å². The van der Waals surface area contributed by atoms with Gasteiger partial charge < -0.3 is 14.2 Å². The van der Waals surface area contributed by atoms with Crippen LogP contribution in [0, 0.1) is 0 Å². The number of nitrogens with one attached hydrogen (secondary N) is 1. The van der Waals surface area contributed by atoms with Crippen LogP contribution in [-0.4, -0.2) is 47.2 Å². The number of esters is 2. The molecule has 3 aromatic rings. The third-order valence-electron chi connectivity index (χ3n) is 5.46. The fraction of sp³-hybridized carbons (Fsp3) is 0.308. The standard InChI is InChI=1S/C26H29NO7S/c1-32-25(28)15-14-24(26(29)33-2)27-35(30,31)23-13-11-20-17-22(12-10-21(20)18-23)34-16-6-9-19-7-4-3-5-8-19/h3-5,7-8,10-13,17-18,24,27H,6,9,14-16H2,1-2H3/t24-/m1/s1. The maximum atomic E-state index is 12.9. The Morgan fingerprint density at radius 3 is 2.34 bits per heavy atom. The number of hydrogen-bond donors (Lipinski definition) is 1. The van der Waals surface area contributed by atoms with E-state index in [4.69, 9.17) is 4.74 Å². The van der Waals surface area contributed by atoms with Crippen molar-refractivity contribution in [2.24, 2.45) is 0 Å². The molecule has 0 radical (unpaired) electrons. The van der Waals surface area contributed by atoms with Gasteiger partial charge in [-0.25, -0.2) is 8.42 Å². The van der Waals surface area contributed by atoms with E-state index in [1.54, 1.807) is 18.2 Å². The summed E-state index contributed by atoms with van der Waals surface area (Å²) in [4.78, 5) is 23.5. The zero-order valence-corrected chi connectivity index (χ0v) is 20.5. The van der Waals surface area contributed by atoms with Crippen LogP contribution < -0.4 is 9.46 Å². The molecule has 186 valence electrons. The van der Waals surface area contributed by atoms with Crippen molar-refractivity contribution in [2.75, 3.05) is 20.8 Å². The Morgan fingerprint density at radius 2 is 1.63 bits per heavy atom. The van der Waals surface area contributed by atoms with E-state index in [2.05, 4.69) is 26.3 Å². The predicted molar refractivity (Wildman–Crippen MR) is 132 cm³/mol. The number of carbonyl (C=O) groups is 2. The lowest BCUT2D eigenvalue weighted by molar-refractivity contribution is -0.144. The van der Waals surface area contributed by atoms with E-state index in [0.29, 0.717) is 17.7 Å². The van der Waals surface area contributed by atoms with Gasteiger partial charge in [0.2, 0.25) is 10.0 Å². The first-order valence-corrected chi connectivity index (χ1v) is 12.7. The Balaban J connectivity index is 1.66. The number of methoxy groups -OCH3 is 2. The third kappa shape index (κ3) is 7.53. The van der Waals surface area contributed by atoms with Crippen LogP contribution in [0.5, 0.6) is 5.75 Å². The highest BCUT2D eigenvalue weighted by molar-refractivity contribution is 7.89. The molecule has 1 N–H and O–H groups in total. The van der Waals surface area contributed by atoms with Crippen molar-refractivity contribution >= 4 is 32.7 Å². The molecule has 0 heterocycles. The molecule has 35 heavy (non-hydrogen) atoms. The Kier molecular flexibility index (Phi) is 9.22. The summed E-state index contributed by atoms with van der Waals surface area (Å²) >= 11 is 0. The van der Waals surface area contributed by atoms with Crippen LogP contribution in [-0.2, 0) is 35.5 Å². The summed E-state index contributed by atoms with van der Waals surface area (Å²) in [7, 11) is -1.68. The molecule has 0 aliphatic carbocycles. The highest BCUT2D eigenvalue weighted by Crippen LogP contribution is 2.24. The molecule has 0 aliphatic heterocycles. The first-order valence-electron chi connectivity index (χ1n) is 11.2. The highest BCUT2D eigenvalue weighted by atomic mass is 32.2. The van der Waals surface area contributed by atoms with Gasteiger partial charge >= 0.3 is 11.9 Å². The minimum absolute atomic E-state index is 0.00602. The normalized spacial score (nSPS) is 12.2. The van der Waals surface area contributed by atoms with Crippen LogP contribution in [0.2, 0.25) is 0 Å². The summed E-state index contributed by atoms with van der Waals surface area (Å²) < 4.78 is 43.3. The minimum atomic E-state index is -4.05. The van der Waals surface area contributed by atoms with Gasteiger partial charge in [0.15, 0.2) is 0 Å². The fourth-order valence-corrected chi connectivity index (χ4v) is 4.81. The summed E-state index contributed by atoms with van der Waals surface area (Å²) in [6.45, 7) is 0.567. The number of rotatable bonds is 12. The highest BCUT2D eigenvalue weighted by Gasteiger charge is 2.27. The molecule has 0 saturated carbocycles. The van der Waals surface area contributed by atoms with Crippen LogP contribution in [0.15, 0.2) is 71.6 Å². The number of ether oxygens (including phenoxy) is 3. The van der Waals surface area contributed by atoms with Gasteiger partial charge in [-0.3, -0.25) is 9.59 Å². The molecule has 0 bridgehead atoms. The van der Waals surface area contributed by atoms with Gasteiger partial charge in [-0.2, -0.15) is 4.72 Å². The number of benzene rings is 3. The smallest absolute Gasteiger partial charge is 0.323 e. The van der Waals surface area contributed by atoms with Crippen LogP contribution in [0.4, 0.5) is 0 Å². The first-order chi connectivity index (χ1) is 16.8. The van der Waals surface area contributed by atoms with E-state index in [9.17, 15) is 18.0 Å². The summed E-state index contributed by atoms with van der Waals surface area (Å²) in [5.74, 6) is -0.637. The molecule has 0 aromatic heterocycles. The van der Waals surface area contributed by atoms with Crippen molar-refractivity contribution < 1.29 is 32.2 Å². The van der Waals surface area contributed by atoms with Gasteiger partial charge in [0.25, 0.3) is 0 Å². The van der Waals surface area contributed by atoms with E-state index in [1.807, 2.05) is 24.3 Å². The summed E-state index contributed by atoms with van der Waals surface area (Å²) in [5.41, 5.74) is 1.26. The predicted octanol–water partition coefficient (Wildman–Crippen LogP) is 3.62. The largest absolute Gasteiger partial charge is 0.494 e. The van der Waals surface area contributed by atoms with Gasteiger partial charge in [-0.1, -0.05) is 42.5 Å². The molecular weight excluding hydrogens is 470 g/mol. The lowest BCUT2D eigenvalue weighted by Crippen LogP contribution is -2.41. The van der Waals surface area contributed by atoms with Crippen molar-refractivity contribution in [1.82, 2.24) is 4.72 Å². The summed E-state index contributed by atoms with van der Waals surface area (Å²) in [6, 6.07) is 19.1. The van der Waals surface area contributed by atoms with E-state index < -0.39 is 28.0 Å². The third-order valence-corrected chi connectivity index (χ3v) is 6.93. The monoisotopic (exact) mass is 499 g/mol. The maximum absolute atomic E-state index is 12.9. The lowest BCUT2D eigenvalue weighted by Gasteiger charge is -2.16.